The van der Waals surface area contributed by atoms with Crippen molar-refractivity contribution in [3.05, 3.63) is 10.7 Å². The van der Waals surface area contributed by atoms with Crippen LogP contribution in [0.1, 0.15) is 13.3 Å². The van der Waals surface area contributed by atoms with Crippen molar-refractivity contribution < 1.29 is 4.79 Å². The highest BCUT2D eigenvalue weighted by Crippen LogP contribution is 2.11. The predicted molar refractivity (Wildman–Crippen MR) is 65.9 cm³/mol. The van der Waals surface area contributed by atoms with E-state index in [4.69, 9.17) is 5.73 Å². The normalized spacial score (nSPS) is 9.88. The maximum Gasteiger partial charge on any atom is 0.239 e. The molecule has 0 aromatic carbocycles. The molecule has 7 heteroatoms. The van der Waals surface area contributed by atoms with Crippen LogP contribution in [0, 0.1) is 0 Å². The summed E-state index contributed by atoms with van der Waals surface area (Å²) >= 11 is 3.19. The van der Waals surface area contributed by atoms with Crippen molar-refractivity contribution in [2.75, 3.05) is 24.1 Å². The van der Waals surface area contributed by atoms with Gasteiger partial charge in [0, 0.05) is 12.6 Å². The molecule has 0 radical (unpaired) electrons. The summed E-state index contributed by atoms with van der Waals surface area (Å²) in [5.74, 6) is 0.584. The molecule has 1 rings (SSSR count). The Kier molecular flexibility index (Phi) is 4.97. The average Bonchev–Trinajstić information content (AvgIpc) is 2.22. The van der Waals surface area contributed by atoms with E-state index in [-0.39, 0.29) is 12.5 Å². The Labute approximate surface area is 102 Å². The number of nitrogens with zero attached hydrogens (tertiary/aromatic N) is 2. The SMILES string of the molecule is CCCNC(=O)CNc1nc(N)cc(Br)n1. The van der Waals surface area contributed by atoms with Crippen LogP contribution < -0.4 is 16.4 Å². The third-order valence-corrected chi connectivity index (χ3v) is 2.10. The molecule has 4 N–H and O–H groups in total. The molecular formula is C9H14BrN5O. The van der Waals surface area contributed by atoms with Crippen molar-refractivity contribution in [1.82, 2.24) is 15.3 Å². The van der Waals surface area contributed by atoms with Crippen LogP contribution in [0.3, 0.4) is 0 Å². The molecule has 1 heterocycles. The van der Waals surface area contributed by atoms with Crippen LogP contribution in [0.4, 0.5) is 11.8 Å². The zero-order valence-corrected chi connectivity index (χ0v) is 10.5. The first-order chi connectivity index (χ1) is 7.61. The van der Waals surface area contributed by atoms with E-state index in [9.17, 15) is 4.79 Å². The molecular weight excluding hydrogens is 274 g/mol. The topological polar surface area (TPSA) is 92.9 Å². The number of halogens is 1. The maximum atomic E-state index is 11.3. The van der Waals surface area contributed by atoms with Gasteiger partial charge in [0.1, 0.15) is 10.4 Å². The van der Waals surface area contributed by atoms with Crippen LogP contribution in [0.15, 0.2) is 10.7 Å². The van der Waals surface area contributed by atoms with Crippen LogP contribution in [0.25, 0.3) is 0 Å². The lowest BCUT2D eigenvalue weighted by atomic mass is 10.4. The molecule has 0 unspecified atom stereocenters. The number of rotatable bonds is 5. The van der Waals surface area contributed by atoms with Gasteiger partial charge < -0.3 is 16.4 Å². The number of carbonyl (C=O) groups is 1. The Morgan fingerprint density at radius 1 is 1.56 bits per heavy atom. The third kappa shape index (κ3) is 4.43. The lowest BCUT2D eigenvalue weighted by Gasteiger charge is -2.06. The number of hydrogen-bond acceptors (Lipinski definition) is 5. The van der Waals surface area contributed by atoms with Crippen molar-refractivity contribution >= 4 is 33.6 Å². The van der Waals surface area contributed by atoms with E-state index in [1.807, 2.05) is 6.92 Å². The van der Waals surface area contributed by atoms with Gasteiger partial charge in [-0.2, -0.15) is 4.98 Å². The first-order valence-electron chi connectivity index (χ1n) is 4.92. The van der Waals surface area contributed by atoms with Gasteiger partial charge in [0.15, 0.2) is 0 Å². The van der Waals surface area contributed by atoms with Gasteiger partial charge in [-0.05, 0) is 22.4 Å². The first-order valence-corrected chi connectivity index (χ1v) is 5.71. The minimum absolute atomic E-state index is 0.0935. The first kappa shape index (κ1) is 12.7. The Balaban J connectivity index is 2.45. The molecule has 1 amide bonds. The molecule has 1 aromatic rings. The van der Waals surface area contributed by atoms with Gasteiger partial charge >= 0.3 is 0 Å². The summed E-state index contributed by atoms with van der Waals surface area (Å²) in [6.45, 7) is 2.80. The molecule has 0 fully saturated rings. The Morgan fingerprint density at radius 3 is 2.94 bits per heavy atom. The Morgan fingerprint density at radius 2 is 2.31 bits per heavy atom. The standard InChI is InChI=1S/C9H14BrN5O/c1-2-3-12-8(16)5-13-9-14-6(10)4-7(11)15-9/h4H,2-3,5H2,1H3,(H,12,16)(H3,11,13,14,15). The van der Waals surface area contributed by atoms with E-state index in [2.05, 4.69) is 36.5 Å². The number of carbonyl (C=O) groups excluding carboxylic acids is 1. The maximum absolute atomic E-state index is 11.3. The smallest absolute Gasteiger partial charge is 0.239 e. The van der Waals surface area contributed by atoms with E-state index in [0.29, 0.717) is 22.9 Å². The van der Waals surface area contributed by atoms with Crippen LogP contribution >= 0.6 is 15.9 Å². The average molecular weight is 288 g/mol. The van der Waals surface area contributed by atoms with Crippen molar-refractivity contribution in [2.45, 2.75) is 13.3 Å². The summed E-state index contributed by atoms with van der Waals surface area (Å²) in [6, 6.07) is 1.59. The quantitative estimate of drug-likeness (QED) is 0.696. The van der Waals surface area contributed by atoms with Crippen molar-refractivity contribution in [1.29, 1.82) is 0 Å². The largest absolute Gasteiger partial charge is 0.383 e. The zero-order valence-electron chi connectivity index (χ0n) is 8.96. The molecule has 0 spiro atoms. The van der Waals surface area contributed by atoms with Gasteiger partial charge in [0.05, 0.1) is 6.54 Å². The molecule has 0 bridgehead atoms. The van der Waals surface area contributed by atoms with E-state index >= 15 is 0 Å². The highest BCUT2D eigenvalue weighted by atomic mass is 79.9. The molecule has 0 aliphatic rings. The summed E-state index contributed by atoms with van der Waals surface area (Å²) in [5.41, 5.74) is 5.52. The highest BCUT2D eigenvalue weighted by Gasteiger charge is 2.03. The van der Waals surface area contributed by atoms with Crippen molar-refractivity contribution in [3.8, 4) is 0 Å². The van der Waals surface area contributed by atoms with Gasteiger partial charge in [-0.25, -0.2) is 4.98 Å². The summed E-state index contributed by atoms with van der Waals surface area (Å²) in [5, 5.41) is 5.52. The van der Waals surface area contributed by atoms with Crippen molar-refractivity contribution in [3.63, 3.8) is 0 Å². The van der Waals surface area contributed by atoms with Gasteiger partial charge in [0.2, 0.25) is 11.9 Å². The van der Waals surface area contributed by atoms with E-state index in [1.165, 1.54) is 0 Å². The molecule has 1 aromatic heterocycles. The van der Waals surface area contributed by atoms with E-state index < -0.39 is 0 Å². The summed E-state index contributed by atoms with van der Waals surface area (Å²) in [6.07, 6.45) is 0.909. The molecule has 88 valence electrons. The van der Waals surface area contributed by atoms with E-state index in [1.54, 1.807) is 6.07 Å². The Bertz CT molecular complexity index is 351. The minimum Gasteiger partial charge on any atom is -0.383 e. The minimum atomic E-state index is -0.0935. The number of amides is 1. The van der Waals surface area contributed by atoms with Gasteiger partial charge in [0.25, 0.3) is 0 Å². The van der Waals surface area contributed by atoms with E-state index in [0.717, 1.165) is 6.42 Å². The molecule has 0 aliphatic carbocycles. The third-order valence-electron chi connectivity index (χ3n) is 1.69. The second kappa shape index (κ2) is 6.26. The summed E-state index contributed by atoms with van der Waals surface area (Å²) in [4.78, 5) is 19.2. The Hall–Kier alpha value is -1.37. The van der Waals surface area contributed by atoms with Gasteiger partial charge in [-0.15, -0.1) is 0 Å². The zero-order chi connectivity index (χ0) is 12.0. The number of nitrogens with two attached hydrogens (primary N) is 1. The molecule has 16 heavy (non-hydrogen) atoms. The lowest BCUT2D eigenvalue weighted by Crippen LogP contribution is -2.30. The van der Waals surface area contributed by atoms with Crippen LogP contribution in [-0.4, -0.2) is 29.0 Å². The fourth-order valence-corrected chi connectivity index (χ4v) is 1.40. The van der Waals surface area contributed by atoms with Crippen LogP contribution in [0.2, 0.25) is 0 Å². The highest BCUT2D eigenvalue weighted by molar-refractivity contribution is 9.10. The van der Waals surface area contributed by atoms with Crippen LogP contribution in [-0.2, 0) is 4.79 Å². The molecule has 0 atom stereocenters. The fraction of sp³-hybridized carbons (Fsp3) is 0.444. The predicted octanol–water partition coefficient (Wildman–Crippen LogP) is 0.759. The van der Waals surface area contributed by atoms with Crippen LogP contribution in [0.5, 0.6) is 0 Å². The second-order valence-electron chi connectivity index (χ2n) is 3.14. The number of nitrogens with one attached hydrogen (secondary N) is 2. The molecule has 0 saturated heterocycles. The van der Waals surface area contributed by atoms with Crippen molar-refractivity contribution in [2.24, 2.45) is 0 Å². The molecule has 0 saturated carbocycles. The number of hydrogen-bond donors (Lipinski definition) is 3. The second-order valence-corrected chi connectivity index (χ2v) is 3.96. The molecule has 6 nitrogen and oxygen atoms in total. The van der Waals surface area contributed by atoms with Gasteiger partial charge in [-0.1, -0.05) is 6.92 Å². The monoisotopic (exact) mass is 287 g/mol. The summed E-state index contributed by atoms with van der Waals surface area (Å²) in [7, 11) is 0. The fourth-order valence-electron chi connectivity index (χ4n) is 1.00. The number of anilines is 2. The number of aromatic nitrogens is 2. The van der Waals surface area contributed by atoms with Gasteiger partial charge in [-0.3, -0.25) is 4.79 Å². The lowest BCUT2D eigenvalue weighted by molar-refractivity contribution is -0.119. The number of nitrogen functional groups attached to an aromatic ring is 1. The molecule has 0 aliphatic heterocycles. The summed E-state index contributed by atoms with van der Waals surface area (Å²) < 4.78 is 0.580.